The SMILES string of the molecule is c1ccc(-c2cc(-c3ccccc3)cc(N(c3ccc(-c4cccc5c4sc4ccc(-c6ccc7c8ccccc8n(-c8ccccc8)c7c6)cc45)cc3)c3cc(-c4ccccc4)cc(N(c4ccccc4)c4ccc5ccccc5c4)c3)c2)cc1. The number of nitrogens with zero attached hydrogens (tertiary/aromatic N) is 3. The Bertz CT molecular complexity index is 5090. The van der Waals surface area contributed by atoms with Gasteiger partial charge in [-0.15, -0.1) is 11.3 Å². The lowest BCUT2D eigenvalue weighted by Crippen LogP contribution is -2.14. The molecule has 14 aromatic carbocycles. The molecule has 0 spiro atoms. The Morgan fingerprint density at radius 2 is 0.721 bits per heavy atom. The quantitative estimate of drug-likeness (QED) is 0.121. The predicted octanol–water partition coefficient (Wildman–Crippen LogP) is 23.6. The highest BCUT2D eigenvalue weighted by atomic mass is 32.1. The Kier molecular flexibility index (Phi) is 12.7. The van der Waals surface area contributed by atoms with Crippen LogP contribution in [-0.2, 0) is 0 Å². The van der Waals surface area contributed by atoms with E-state index >= 15 is 0 Å². The summed E-state index contributed by atoms with van der Waals surface area (Å²) in [6.07, 6.45) is 0. The van der Waals surface area contributed by atoms with E-state index in [-0.39, 0.29) is 0 Å². The van der Waals surface area contributed by atoms with E-state index < -0.39 is 0 Å². The zero-order valence-electron chi connectivity index (χ0n) is 47.0. The maximum Gasteiger partial charge on any atom is 0.0547 e. The molecule has 16 rings (SSSR count). The van der Waals surface area contributed by atoms with E-state index in [1.54, 1.807) is 0 Å². The third kappa shape index (κ3) is 9.26. The fraction of sp³-hybridized carbons (Fsp3) is 0. The van der Waals surface area contributed by atoms with E-state index in [2.05, 4.69) is 348 Å². The largest absolute Gasteiger partial charge is 0.310 e. The van der Waals surface area contributed by atoms with Crippen molar-refractivity contribution < 1.29 is 0 Å². The average molecular weight is 1110 g/mol. The molecule has 0 radical (unpaired) electrons. The Balaban J connectivity index is 0.854. The van der Waals surface area contributed by atoms with Crippen LogP contribution in [0.25, 0.3) is 114 Å². The average Bonchev–Trinajstić information content (AvgIpc) is 1.89. The van der Waals surface area contributed by atoms with E-state index in [0.717, 1.165) is 73.2 Å². The second kappa shape index (κ2) is 21.6. The summed E-state index contributed by atoms with van der Waals surface area (Å²) >= 11 is 1.88. The van der Waals surface area contributed by atoms with E-state index in [0.29, 0.717) is 0 Å². The van der Waals surface area contributed by atoms with Crippen molar-refractivity contribution in [2.75, 3.05) is 9.80 Å². The van der Waals surface area contributed by atoms with Gasteiger partial charge in [0.2, 0.25) is 0 Å². The monoisotopic (exact) mass is 1110 g/mol. The van der Waals surface area contributed by atoms with Crippen molar-refractivity contribution in [1.82, 2.24) is 4.57 Å². The molecule has 4 heteroatoms. The summed E-state index contributed by atoms with van der Waals surface area (Å²) < 4.78 is 4.95. The van der Waals surface area contributed by atoms with E-state index in [1.165, 1.54) is 75.0 Å². The highest BCUT2D eigenvalue weighted by Gasteiger charge is 2.23. The molecule has 0 fully saturated rings. The molecular weight excluding hydrogens is 1060 g/mol. The summed E-state index contributed by atoms with van der Waals surface area (Å²) in [6, 6.07) is 122. The summed E-state index contributed by atoms with van der Waals surface area (Å²) in [7, 11) is 0. The first-order valence-corrected chi connectivity index (χ1v) is 30.2. The molecule has 86 heavy (non-hydrogen) atoms. The van der Waals surface area contributed by atoms with Crippen molar-refractivity contribution in [2.45, 2.75) is 0 Å². The highest BCUT2D eigenvalue weighted by molar-refractivity contribution is 7.26. The van der Waals surface area contributed by atoms with Crippen LogP contribution < -0.4 is 9.80 Å². The number of hydrogen-bond donors (Lipinski definition) is 0. The van der Waals surface area contributed by atoms with Gasteiger partial charge in [0.15, 0.2) is 0 Å². The van der Waals surface area contributed by atoms with E-state index in [9.17, 15) is 0 Å². The molecule has 0 saturated heterocycles. The van der Waals surface area contributed by atoms with E-state index in [4.69, 9.17) is 0 Å². The Hall–Kier alpha value is -11.0. The van der Waals surface area contributed by atoms with Gasteiger partial charge in [0.25, 0.3) is 0 Å². The van der Waals surface area contributed by atoms with Gasteiger partial charge in [0.1, 0.15) is 0 Å². The summed E-state index contributed by atoms with van der Waals surface area (Å²) in [6.45, 7) is 0. The van der Waals surface area contributed by atoms with Crippen LogP contribution in [0.3, 0.4) is 0 Å². The number of fused-ring (bicyclic) bond motifs is 7. The second-order valence-corrected chi connectivity index (χ2v) is 23.2. The number of benzene rings is 14. The van der Waals surface area contributed by atoms with Crippen molar-refractivity contribution in [3.05, 3.63) is 334 Å². The lowest BCUT2D eigenvalue weighted by Gasteiger charge is -2.31. The number of para-hydroxylation sites is 3. The van der Waals surface area contributed by atoms with Gasteiger partial charge in [0.05, 0.1) is 11.0 Å². The summed E-state index contributed by atoms with van der Waals surface area (Å²) in [5, 5.41) is 7.44. The molecule has 0 N–H and O–H groups in total. The first-order valence-electron chi connectivity index (χ1n) is 29.4. The number of anilines is 6. The minimum absolute atomic E-state index is 1.03. The van der Waals surface area contributed by atoms with Crippen LogP contribution in [0.15, 0.2) is 334 Å². The van der Waals surface area contributed by atoms with Crippen LogP contribution in [0.2, 0.25) is 0 Å². The fourth-order valence-corrected chi connectivity index (χ4v) is 14.0. The molecule has 0 bridgehead atoms. The Morgan fingerprint density at radius 1 is 0.233 bits per heavy atom. The molecule has 0 unspecified atom stereocenters. The Morgan fingerprint density at radius 3 is 1.40 bits per heavy atom. The molecule has 0 aliphatic carbocycles. The molecule has 0 amide bonds. The summed E-state index contributed by atoms with van der Waals surface area (Å²) in [5.41, 5.74) is 21.5. The zero-order valence-corrected chi connectivity index (χ0v) is 47.8. The van der Waals surface area contributed by atoms with Crippen molar-refractivity contribution in [3.8, 4) is 61.3 Å². The standard InChI is InChI=1S/C82H55N3S/c1-6-21-56(22-7-1)64-47-65(57-23-8-2-9-24-57)50-71(49-64)84(73-52-66(58-25-10-3-11-26-58)51-72(55-73)83(67-29-12-4-13-30-67)70-44-37-59-27-16-17-28-61(59)48-70)69-42-38-60(39-43-69)74-34-20-35-77-78-53-62(41-46-81(78)86-82(74)77)63-40-45-76-75-33-18-19-36-79(75)85(80(76)54-63)68-31-14-5-15-32-68/h1-55H. The molecule has 0 atom stereocenters. The van der Waals surface area contributed by atoms with Gasteiger partial charge in [0, 0.05) is 70.8 Å². The first-order chi connectivity index (χ1) is 42.6. The third-order valence-corrected chi connectivity index (χ3v) is 18.1. The lowest BCUT2D eigenvalue weighted by molar-refractivity contribution is 1.18. The van der Waals surface area contributed by atoms with Crippen LogP contribution in [0.1, 0.15) is 0 Å². The lowest BCUT2D eigenvalue weighted by atomic mass is 9.96. The molecule has 0 aliphatic rings. The van der Waals surface area contributed by atoms with Gasteiger partial charge in [-0.25, -0.2) is 0 Å². The zero-order chi connectivity index (χ0) is 56.9. The van der Waals surface area contributed by atoms with E-state index in [1.807, 2.05) is 11.3 Å². The van der Waals surface area contributed by atoms with Crippen molar-refractivity contribution in [1.29, 1.82) is 0 Å². The number of rotatable bonds is 12. The van der Waals surface area contributed by atoms with Gasteiger partial charge in [-0.05, 0) is 176 Å². The van der Waals surface area contributed by atoms with Crippen molar-refractivity contribution in [3.63, 3.8) is 0 Å². The molecular formula is C82H55N3S. The minimum atomic E-state index is 1.03. The number of aromatic nitrogens is 1. The molecule has 3 nitrogen and oxygen atoms in total. The predicted molar refractivity (Wildman–Crippen MR) is 368 cm³/mol. The molecule has 404 valence electrons. The van der Waals surface area contributed by atoms with Gasteiger partial charge < -0.3 is 14.4 Å². The first kappa shape index (κ1) is 50.7. The molecule has 2 aromatic heterocycles. The summed E-state index contributed by atoms with van der Waals surface area (Å²) in [5.74, 6) is 0. The smallest absolute Gasteiger partial charge is 0.0547 e. The van der Waals surface area contributed by atoms with Crippen LogP contribution in [0.4, 0.5) is 34.1 Å². The third-order valence-electron chi connectivity index (χ3n) is 16.9. The van der Waals surface area contributed by atoms with Crippen LogP contribution in [0.5, 0.6) is 0 Å². The second-order valence-electron chi connectivity index (χ2n) is 22.1. The van der Waals surface area contributed by atoms with Gasteiger partial charge in [-0.1, -0.05) is 224 Å². The van der Waals surface area contributed by atoms with Gasteiger partial charge in [-0.2, -0.15) is 0 Å². The molecule has 16 aromatic rings. The maximum atomic E-state index is 2.46. The number of thiophene rings is 1. The number of hydrogen-bond acceptors (Lipinski definition) is 3. The highest BCUT2D eigenvalue weighted by Crippen LogP contribution is 2.48. The topological polar surface area (TPSA) is 11.4 Å². The maximum absolute atomic E-state index is 2.46. The van der Waals surface area contributed by atoms with Crippen LogP contribution >= 0.6 is 11.3 Å². The Labute approximate surface area is 504 Å². The minimum Gasteiger partial charge on any atom is -0.310 e. The van der Waals surface area contributed by atoms with Gasteiger partial charge >= 0.3 is 0 Å². The van der Waals surface area contributed by atoms with Crippen molar-refractivity contribution in [2.24, 2.45) is 0 Å². The van der Waals surface area contributed by atoms with Crippen LogP contribution in [-0.4, -0.2) is 4.57 Å². The van der Waals surface area contributed by atoms with Crippen LogP contribution in [0, 0.1) is 0 Å². The molecule has 0 saturated carbocycles. The van der Waals surface area contributed by atoms with Crippen molar-refractivity contribution >= 4 is 98.2 Å². The normalized spacial score (nSPS) is 11.5. The van der Waals surface area contributed by atoms with Gasteiger partial charge in [-0.3, -0.25) is 0 Å². The molecule has 0 aliphatic heterocycles. The summed E-state index contributed by atoms with van der Waals surface area (Å²) in [4.78, 5) is 4.86. The fourth-order valence-electron chi connectivity index (χ4n) is 12.8. The molecule has 2 heterocycles.